The number of benzene rings is 2. The van der Waals surface area contributed by atoms with Crippen LogP contribution in [-0.2, 0) is 20.1 Å². The van der Waals surface area contributed by atoms with Gasteiger partial charge >= 0.3 is 0 Å². The van der Waals surface area contributed by atoms with E-state index < -0.39 is 0 Å². The fraction of sp³-hybridized carbons (Fsp3) is 0.143. The van der Waals surface area contributed by atoms with Crippen LogP contribution >= 0.6 is 11.6 Å². The van der Waals surface area contributed by atoms with Gasteiger partial charge in [0, 0.05) is 26.2 Å². The molecule has 26 heavy (non-hydrogen) atoms. The van der Waals surface area contributed by atoms with Crippen LogP contribution in [0, 0.1) is 0 Å². The molecule has 2 aromatic carbocycles. The highest BCUT2D eigenvalue weighted by molar-refractivity contribution is 6.30. The van der Waals surface area contributed by atoms with Gasteiger partial charge in [0.25, 0.3) is 0 Å². The zero-order chi connectivity index (χ0) is 17.9. The normalized spacial score (nSPS) is 11.0. The second kappa shape index (κ2) is 7.18. The number of imidazole rings is 1. The monoisotopic (exact) mass is 362 g/mol. The molecule has 0 radical (unpaired) electrons. The Hall–Kier alpha value is -2.85. The van der Waals surface area contributed by atoms with Gasteiger partial charge < -0.3 is 9.47 Å². The van der Waals surface area contributed by atoms with Crippen molar-refractivity contribution >= 4 is 28.5 Å². The Labute approximate surface area is 157 Å². The smallest absolute Gasteiger partial charge is 0.163 e. The molecule has 0 saturated heterocycles. The molecular weight excluding hydrogens is 344 g/mol. The summed E-state index contributed by atoms with van der Waals surface area (Å²) in [6.07, 6.45) is 1.78. The van der Waals surface area contributed by atoms with Gasteiger partial charge in [0.05, 0.1) is 12.0 Å². The van der Waals surface area contributed by atoms with E-state index in [2.05, 4.69) is 63.4 Å². The van der Waals surface area contributed by atoms with E-state index in [1.54, 1.807) is 6.33 Å². The third kappa shape index (κ3) is 3.41. The Morgan fingerprint density at radius 1 is 0.923 bits per heavy atom. The Morgan fingerprint density at radius 3 is 2.08 bits per heavy atom. The summed E-state index contributed by atoms with van der Waals surface area (Å²) in [7, 11) is 1.93. The van der Waals surface area contributed by atoms with Crippen LogP contribution in [0.5, 0.6) is 0 Å². The number of hydrogen-bond donors (Lipinski definition) is 0. The van der Waals surface area contributed by atoms with Gasteiger partial charge in [-0.1, -0.05) is 72.3 Å². The molecule has 4 nitrogen and oxygen atoms in total. The Balaban J connectivity index is 1.79. The number of anilines is 1. The minimum Gasteiger partial charge on any atom is -0.361 e. The van der Waals surface area contributed by atoms with E-state index in [1.807, 2.05) is 29.8 Å². The van der Waals surface area contributed by atoms with Crippen molar-refractivity contribution in [2.45, 2.75) is 13.1 Å². The van der Waals surface area contributed by atoms with Crippen LogP contribution in [-0.4, -0.2) is 14.5 Å². The molecule has 0 aliphatic rings. The van der Waals surface area contributed by atoms with Crippen LogP contribution in [0.1, 0.15) is 11.1 Å². The topological polar surface area (TPSA) is 34.0 Å². The maximum atomic E-state index is 6.32. The van der Waals surface area contributed by atoms with E-state index in [-0.39, 0.29) is 0 Å². The molecule has 2 heterocycles. The van der Waals surface area contributed by atoms with Gasteiger partial charge in [0.2, 0.25) is 0 Å². The second-order valence-corrected chi connectivity index (χ2v) is 6.71. The summed E-state index contributed by atoms with van der Waals surface area (Å²) in [6.45, 7) is 1.53. The van der Waals surface area contributed by atoms with Crippen molar-refractivity contribution in [3.63, 3.8) is 0 Å². The molecule has 0 bridgehead atoms. The van der Waals surface area contributed by atoms with Crippen LogP contribution in [0.4, 0.5) is 5.69 Å². The Morgan fingerprint density at radius 2 is 1.50 bits per heavy atom. The molecule has 0 saturated carbocycles. The molecule has 0 aliphatic heterocycles. The van der Waals surface area contributed by atoms with Crippen molar-refractivity contribution < 1.29 is 0 Å². The number of hydrogen-bond acceptors (Lipinski definition) is 3. The van der Waals surface area contributed by atoms with Crippen LogP contribution in [0.25, 0.3) is 11.2 Å². The van der Waals surface area contributed by atoms with Crippen molar-refractivity contribution in [3.8, 4) is 0 Å². The van der Waals surface area contributed by atoms with Crippen LogP contribution < -0.4 is 4.90 Å². The molecule has 4 aromatic rings. The van der Waals surface area contributed by atoms with Crippen molar-refractivity contribution in [1.29, 1.82) is 0 Å². The lowest BCUT2D eigenvalue weighted by atomic mass is 10.1. The van der Waals surface area contributed by atoms with Gasteiger partial charge in [-0.2, -0.15) is 0 Å². The average molecular weight is 363 g/mol. The number of aryl methyl sites for hydroxylation is 1. The van der Waals surface area contributed by atoms with Crippen molar-refractivity contribution in [1.82, 2.24) is 14.5 Å². The Kier molecular flexibility index (Phi) is 4.59. The predicted octanol–water partition coefficient (Wildman–Crippen LogP) is 4.83. The highest BCUT2D eigenvalue weighted by atomic mass is 35.5. The van der Waals surface area contributed by atoms with Crippen molar-refractivity contribution in [3.05, 3.63) is 89.3 Å². The van der Waals surface area contributed by atoms with Crippen molar-refractivity contribution in [2.75, 3.05) is 4.90 Å². The summed E-state index contributed by atoms with van der Waals surface area (Å²) in [5.41, 5.74) is 5.12. The number of rotatable bonds is 5. The quantitative estimate of drug-likeness (QED) is 0.477. The Bertz CT molecular complexity index is 971. The second-order valence-electron chi connectivity index (χ2n) is 6.32. The first-order valence-corrected chi connectivity index (χ1v) is 8.89. The number of halogens is 1. The summed E-state index contributed by atoms with van der Waals surface area (Å²) in [4.78, 5) is 11.3. The summed E-state index contributed by atoms with van der Waals surface area (Å²) in [5.74, 6) is 0. The largest absolute Gasteiger partial charge is 0.361 e. The van der Waals surface area contributed by atoms with Gasteiger partial charge in [-0.25, -0.2) is 9.97 Å². The summed E-state index contributed by atoms with van der Waals surface area (Å²) in [6, 6.07) is 22.8. The van der Waals surface area contributed by atoms with Gasteiger partial charge in [0.1, 0.15) is 10.7 Å². The minimum atomic E-state index is 0.474. The minimum absolute atomic E-state index is 0.474. The van der Waals surface area contributed by atoms with E-state index in [0.717, 1.165) is 29.9 Å². The zero-order valence-electron chi connectivity index (χ0n) is 14.5. The molecule has 2 aromatic heterocycles. The lowest BCUT2D eigenvalue weighted by Crippen LogP contribution is -2.22. The number of aromatic nitrogens is 3. The highest BCUT2D eigenvalue weighted by Crippen LogP contribution is 2.30. The summed E-state index contributed by atoms with van der Waals surface area (Å²) < 4.78 is 1.90. The lowest BCUT2D eigenvalue weighted by molar-refractivity contribution is 0.802. The number of nitrogens with zero attached hydrogens (tertiary/aromatic N) is 4. The maximum absolute atomic E-state index is 6.32. The molecule has 0 unspecified atom stereocenters. The first-order valence-electron chi connectivity index (χ1n) is 8.51. The highest BCUT2D eigenvalue weighted by Gasteiger charge is 2.16. The molecular formula is C21H19ClN4. The summed E-state index contributed by atoms with van der Waals surface area (Å²) >= 11 is 6.32. The molecule has 0 fully saturated rings. The van der Waals surface area contributed by atoms with E-state index >= 15 is 0 Å². The molecule has 130 valence electrons. The fourth-order valence-corrected chi connectivity index (χ4v) is 3.31. The first kappa shape index (κ1) is 16.6. The van der Waals surface area contributed by atoms with Crippen LogP contribution in [0.2, 0.25) is 5.15 Å². The molecule has 4 rings (SSSR count). The predicted molar refractivity (Wildman–Crippen MR) is 106 cm³/mol. The molecule has 0 spiro atoms. The molecule has 0 N–H and O–H groups in total. The third-order valence-electron chi connectivity index (χ3n) is 4.39. The SMILES string of the molecule is Cn1cnc2c(N(Cc3ccccc3)Cc3ccccc3)cc(Cl)nc21. The van der Waals surface area contributed by atoms with Crippen LogP contribution in [0.3, 0.4) is 0 Å². The van der Waals surface area contributed by atoms with Gasteiger partial charge in [-0.05, 0) is 11.1 Å². The maximum Gasteiger partial charge on any atom is 0.163 e. The van der Waals surface area contributed by atoms with Gasteiger partial charge in [-0.3, -0.25) is 0 Å². The van der Waals surface area contributed by atoms with E-state index in [0.29, 0.717) is 5.15 Å². The fourth-order valence-electron chi connectivity index (χ4n) is 3.13. The van der Waals surface area contributed by atoms with Crippen LogP contribution in [0.15, 0.2) is 73.1 Å². The summed E-state index contributed by atoms with van der Waals surface area (Å²) in [5, 5.41) is 0.474. The van der Waals surface area contributed by atoms with E-state index in [1.165, 1.54) is 11.1 Å². The van der Waals surface area contributed by atoms with Gasteiger partial charge in [0.15, 0.2) is 5.65 Å². The molecule has 5 heteroatoms. The van der Waals surface area contributed by atoms with E-state index in [9.17, 15) is 0 Å². The van der Waals surface area contributed by atoms with Crippen molar-refractivity contribution in [2.24, 2.45) is 7.05 Å². The molecule has 0 amide bonds. The lowest BCUT2D eigenvalue weighted by Gasteiger charge is -2.25. The first-order chi connectivity index (χ1) is 12.7. The van der Waals surface area contributed by atoms with E-state index in [4.69, 9.17) is 11.6 Å². The zero-order valence-corrected chi connectivity index (χ0v) is 15.3. The average Bonchev–Trinajstić information content (AvgIpc) is 3.03. The van der Waals surface area contributed by atoms with Gasteiger partial charge in [-0.15, -0.1) is 0 Å². The molecule has 0 atom stereocenters. The number of fused-ring (bicyclic) bond motifs is 1. The third-order valence-corrected chi connectivity index (χ3v) is 4.58. The number of pyridine rings is 1. The molecule has 0 aliphatic carbocycles. The standard InChI is InChI=1S/C21H19ClN4/c1-25-15-23-20-18(12-19(22)24-21(20)25)26(13-16-8-4-2-5-9-16)14-17-10-6-3-7-11-17/h2-12,15H,13-14H2,1H3.